The lowest BCUT2D eigenvalue weighted by Crippen LogP contribution is -2.51. The third-order valence-corrected chi connectivity index (χ3v) is 8.27. The molecule has 2 fully saturated rings. The van der Waals surface area contributed by atoms with E-state index in [0.717, 1.165) is 16.9 Å². The molecule has 2 saturated heterocycles. The van der Waals surface area contributed by atoms with Gasteiger partial charge in [-0.2, -0.15) is 0 Å². The van der Waals surface area contributed by atoms with Crippen LogP contribution in [0.4, 0.5) is 15.4 Å². The van der Waals surface area contributed by atoms with Crippen molar-refractivity contribution in [2.75, 3.05) is 57.8 Å². The van der Waals surface area contributed by atoms with Gasteiger partial charge in [0.05, 0.1) is 17.5 Å². The van der Waals surface area contributed by atoms with Crippen molar-refractivity contribution in [3.63, 3.8) is 0 Å². The number of anilines is 1. The molecular weight excluding hydrogens is 609 g/mol. The van der Waals surface area contributed by atoms with Crippen molar-refractivity contribution < 1.29 is 24.5 Å². The largest absolute Gasteiger partial charge is 0.465 e. The molecule has 0 atom stereocenters. The molecule has 1 aromatic carbocycles. The number of hydrogen-bond acceptors (Lipinski definition) is 8. The number of ether oxygens (including phenoxy) is 1. The number of halogens is 2. The van der Waals surface area contributed by atoms with E-state index in [4.69, 9.17) is 32.9 Å². The number of urea groups is 1. The Bertz CT molecular complexity index is 1460. The van der Waals surface area contributed by atoms with Crippen molar-refractivity contribution in [1.29, 1.82) is 0 Å². The number of likely N-dealkylation sites (tertiary alicyclic amines) is 1. The highest BCUT2D eigenvalue weighted by molar-refractivity contribution is 6.35. The van der Waals surface area contributed by atoms with Gasteiger partial charge in [0.1, 0.15) is 11.6 Å². The molecule has 0 unspecified atom stereocenters. The standard InChI is InChI=1S/C30H35Cl2N7O5/c1-33-28(40)35-19-30(43)4-6-37(7-5-30)18-20-12-25(21-14-22(31)16-23(32)15-21)36-27(13-20)44-24-2-3-26(34-17-24)38-8-10-39(11-9-38)29(41)42/h2-3,12-17,43H,4-11,18-19H2,1H3,(H,41,42)(H2,33,35,40). The van der Waals surface area contributed by atoms with Gasteiger partial charge in [-0.1, -0.05) is 23.2 Å². The van der Waals surface area contributed by atoms with E-state index in [1.54, 1.807) is 31.4 Å². The maximum Gasteiger partial charge on any atom is 0.407 e. The Labute approximate surface area is 265 Å². The molecule has 4 heterocycles. The zero-order valence-electron chi connectivity index (χ0n) is 24.3. The first-order valence-corrected chi connectivity index (χ1v) is 15.1. The molecule has 3 aromatic rings. The molecule has 0 spiro atoms. The van der Waals surface area contributed by atoms with Gasteiger partial charge < -0.3 is 35.4 Å². The van der Waals surface area contributed by atoms with E-state index in [1.165, 1.54) is 4.90 Å². The molecule has 2 aromatic heterocycles. The monoisotopic (exact) mass is 643 g/mol. The quantitative estimate of drug-likeness (QED) is 0.282. The molecule has 0 bridgehead atoms. The Balaban J connectivity index is 1.30. The summed E-state index contributed by atoms with van der Waals surface area (Å²) in [6.07, 6.45) is 1.76. The highest BCUT2D eigenvalue weighted by Gasteiger charge is 2.32. The van der Waals surface area contributed by atoms with Crippen molar-refractivity contribution in [1.82, 2.24) is 30.4 Å². The van der Waals surface area contributed by atoms with Crippen LogP contribution in [-0.4, -0.2) is 101 Å². The Hall–Kier alpha value is -3.84. The van der Waals surface area contributed by atoms with Crippen LogP contribution in [-0.2, 0) is 6.54 Å². The van der Waals surface area contributed by atoms with Gasteiger partial charge in [0.15, 0.2) is 0 Å². The smallest absolute Gasteiger partial charge is 0.407 e. The first kappa shape index (κ1) is 31.6. The number of aliphatic hydroxyl groups is 1. The van der Waals surface area contributed by atoms with E-state index in [1.807, 2.05) is 29.2 Å². The number of rotatable bonds is 8. The minimum Gasteiger partial charge on any atom is -0.465 e. The lowest BCUT2D eigenvalue weighted by molar-refractivity contribution is -0.0197. The number of nitrogens with zero attached hydrogens (tertiary/aromatic N) is 5. The molecule has 0 radical (unpaired) electrons. The molecule has 12 nitrogen and oxygen atoms in total. The van der Waals surface area contributed by atoms with Crippen LogP contribution in [0, 0.1) is 0 Å². The van der Waals surface area contributed by atoms with Gasteiger partial charge in [0, 0.05) is 81.1 Å². The van der Waals surface area contributed by atoms with Crippen molar-refractivity contribution in [3.8, 4) is 22.9 Å². The maximum atomic E-state index is 11.6. The minimum absolute atomic E-state index is 0.193. The molecule has 2 aliphatic rings. The summed E-state index contributed by atoms with van der Waals surface area (Å²) in [6.45, 7) is 4.05. The SMILES string of the molecule is CNC(=O)NCC1(O)CCN(Cc2cc(Oc3ccc(N4CCN(C(=O)O)CC4)nc3)nc(-c3cc(Cl)cc(Cl)c3)c2)CC1. The van der Waals surface area contributed by atoms with E-state index in [9.17, 15) is 19.8 Å². The van der Waals surface area contributed by atoms with Crippen LogP contribution in [0.2, 0.25) is 10.0 Å². The second-order valence-electron chi connectivity index (χ2n) is 11.0. The molecule has 3 amide bonds. The number of nitrogens with one attached hydrogen (secondary N) is 2. The minimum atomic E-state index is -0.957. The van der Waals surface area contributed by atoms with Gasteiger partial charge in [-0.3, -0.25) is 4.90 Å². The van der Waals surface area contributed by atoms with Gasteiger partial charge in [-0.15, -0.1) is 0 Å². The first-order chi connectivity index (χ1) is 21.1. The van der Waals surface area contributed by atoms with Crippen LogP contribution >= 0.6 is 23.2 Å². The summed E-state index contributed by atoms with van der Waals surface area (Å²) >= 11 is 12.6. The summed E-state index contributed by atoms with van der Waals surface area (Å²) in [6, 6.07) is 12.5. The summed E-state index contributed by atoms with van der Waals surface area (Å²) in [7, 11) is 1.54. The van der Waals surface area contributed by atoms with Crippen LogP contribution in [0.1, 0.15) is 18.4 Å². The zero-order chi connectivity index (χ0) is 31.3. The second-order valence-corrected chi connectivity index (χ2v) is 11.9. The number of aromatic nitrogens is 2. The normalized spacial score (nSPS) is 16.8. The number of pyridine rings is 2. The molecule has 5 rings (SSSR count). The van der Waals surface area contributed by atoms with Crippen molar-refractivity contribution >= 4 is 41.1 Å². The average Bonchev–Trinajstić information content (AvgIpc) is 3.01. The molecule has 44 heavy (non-hydrogen) atoms. The molecule has 14 heteroatoms. The summed E-state index contributed by atoms with van der Waals surface area (Å²) in [5.41, 5.74) is 1.39. The molecular formula is C30H35Cl2N7O5. The van der Waals surface area contributed by atoms with E-state index in [2.05, 4.69) is 20.5 Å². The lowest BCUT2D eigenvalue weighted by Gasteiger charge is -2.38. The number of hydrogen-bond donors (Lipinski definition) is 4. The van der Waals surface area contributed by atoms with Crippen molar-refractivity contribution in [2.24, 2.45) is 0 Å². The number of amides is 3. The van der Waals surface area contributed by atoms with Crippen LogP contribution in [0.25, 0.3) is 11.3 Å². The molecule has 0 saturated carbocycles. The van der Waals surface area contributed by atoms with Crippen LogP contribution < -0.4 is 20.3 Å². The highest BCUT2D eigenvalue weighted by atomic mass is 35.5. The molecule has 0 aliphatic carbocycles. The number of benzene rings is 1. The predicted octanol–water partition coefficient (Wildman–Crippen LogP) is 4.30. The van der Waals surface area contributed by atoms with Gasteiger partial charge in [0.2, 0.25) is 5.88 Å². The third kappa shape index (κ3) is 8.20. The fourth-order valence-corrected chi connectivity index (χ4v) is 5.84. The van der Waals surface area contributed by atoms with Gasteiger partial charge in [-0.25, -0.2) is 19.6 Å². The summed E-state index contributed by atoms with van der Waals surface area (Å²) in [4.78, 5) is 37.7. The van der Waals surface area contributed by atoms with Crippen LogP contribution in [0.5, 0.6) is 11.6 Å². The fourth-order valence-electron chi connectivity index (χ4n) is 5.32. The highest BCUT2D eigenvalue weighted by Crippen LogP contribution is 2.31. The van der Waals surface area contributed by atoms with E-state index in [-0.39, 0.29) is 12.6 Å². The van der Waals surface area contributed by atoms with Crippen molar-refractivity contribution in [2.45, 2.75) is 25.0 Å². The van der Waals surface area contributed by atoms with E-state index < -0.39 is 11.7 Å². The van der Waals surface area contributed by atoms with Gasteiger partial charge in [-0.05, 0) is 54.8 Å². The summed E-state index contributed by atoms with van der Waals surface area (Å²) in [5.74, 6) is 1.62. The maximum absolute atomic E-state index is 11.6. The number of carbonyl (C=O) groups is 2. The Kier molecular flexibility index (Phi) is 9.94. The van der Waals surface area contributed by atoms with Crippen LogP contribution in [0.3, 0.4) is 0 Å². The van der Waals surface area contributed by atoms with E-state index in [0.29, 0.717) is 86.0 Å². The third-order valence-electron chi connectivity index (χ3n) is 7.84. The topological polar surface area (TPSA) is 143 Å². The summed E-state index contributed by atoms with van der Waals surface area (Å²) in [5, 5.41) is 26.3. The fraction of sp³-hybridized carbons (Fsp3) is 0.400. The van der Waals surface area contributed by atoms with E-state index >= 15 is 0 Å². The molecule has 2 aliphatic heterocycles. The molecule has 234 valence electrons. The predicted molar refractivity (Wildman–Crippen MR) is 168 cm³/mol. The Morgan fingerprint density at radius 3 is 2.32 bits per heavy atom. The van der Waals surface area contributed by atoms with Crippen LogP contribution in [0.15, 0.2) is 48.7 Å². The Morgan fingerprint density at radius 2 is 1.70 bits per heavy atom. The zero-order valence-corrected chi connectivity index (χ0v) is 25.8. The van der Waals surface area contributed by atoms with Crippen molar-refractivity contribution in [3.05, 3.63) is 64.3 Å². The first-order valence-electron chi connectivity index (χ1n) is 14.3. The number of piperidine rings is 1. The average molecular weight is 645 g/mol. The molecule has 4 N–H and O–H groups in total. The van der Waals surface area contributed by atoms with Gasteiger partial charge in [0.25, 0.3) is 0 Å². The number of piperazine rings is 1. The lowest BCUT2D eigenvalue weighted by atomic mass is 9.91. The number of carboxylic acid groups (broad SMARTS) is 1. The second kappa shape index (κ2) is 13.9. The summed E-state index contributed by atoms with van der Waals surface area (Å²) < 4.78 is 6.17. The van der Waals surface area contributed by atoms with Gasteiger partial charge >= 0.3 is 12.1 Å². The number of carbonyl (C=O) groups excluding carboxylic acids is 1. The Morgan fingerprint density at radius 1 is 1.00 bits per heavy atom.